The zero-order valence-electron chi connectivity index (χ0n) is 12.8. The van der Waals surface area contributed by atoms with Gasteiger partial charge in [0, 0.05) is 6.54 Å². The number of esters is 1. The van der Waals surface area contributed by atoms with Crippen molar-refractivity contribution in [2.24, 2.45) is 0 Å². The zero-order chi connectivity index (χ0) is 16.2. The minimum Gasteiger partial charge on any atom is -0.442 e. The topological polar surface area (TPSA) is 38.8 Å². The highest BCUT2D eigenvalue weighted by atomic mass is 35.5. The molecule has 2 atom stereocenters. The highest BCUT2D eigenvalue weighted by Gasteiger charge is 2.49. The van der Waals surface area contributed by atoms with Crippen molar-refractivity contribution in [3.63, 3.8) is 0 Å². The summed E-state index contributed by atoms with van der Waals surface area (Å²) in [5, 5.41) is 0. The van der Waals surface area contributed by atoms with Crippen LogP contribution in [0.3, 0.4) is 0 Å². The Balaban J connectivity index is 1.97. The van der Waals surface area contributed by atoms with E-state index in [1.54, 1.807) is 6.92 Å². The molecule has 1 fully saturated rings. The fraction of sp³-hybridized carbons (Fsp3) is 0.562. The van der Waals surface area contributed by atoms with Gasteiger partial charge in [-0.2, -0.15) is 0 Å². The number of halogens is 2. The Morgan fingerprint density at radius 1 is 1.32 bits per heavy atom. The van der Waals surface area contributed by atoms with E-state index < -0.39 is 16.6 Å². The van der Waals surface area contributed by atoms with E-state index >= 15 is 0 Å². The van der Waals surface area contributed by atoms with Crippen LogP contribution in [-0.4, -0.2) is 40.6 Å². The standard InChI is InChI=1S/C16H21Cl2NO3/c1-3-9-19-13(14(20)22-15(19)16(2,17)18)11-21-10-12-7-5-4-6-8-12/h4-8,13,15H,3,9-11H2,1-2H3. The van der Waals surface area contributed by atoms with Crippen LogP contribution in [0.2, 0.25) is 0 Å². The van der Waals surface area contributed by atoms with Crippen LogP contribution in [0.1, 0.15) is 25.8 Å². The third kappa shape index (κ3) is 4.35. The Bertz CT molecular complexity index is 490. The minimum atomic E-state index is -1.15. The van der Waals surface area contributed by atoms with Crippen LogP contribution in [0.15, 0.2) is 30.3 Å². The summed E-state index contributed by atoms with van der Waals surface area (Å²) in [5.74, 6) is -0.334. The number of carbonyl (C=O) groups excluding carboxylic acids is 1. The van der Waals surface area contributed by atoms with Crippen molar-refractivity contribution in [1.82, 2.24) is 4.90 Å². The normalized spacial score (nSPS) is 22.8. The molecule has 0 amide bonds. The van der Waals surface area contributed by atoms with Crippen LogP contribution in [0.25, 0.3) is 0 Å². The second-order valence-electron chi connectivity index (χ2n) is 5.50. The molecule has 1 aliphatic rings. The Kier molecular flexibility index (Phi) is 6.09. The third-order valence-electron chi connectivity index (χ3n) is 3.50. The fourth-order valence-electron chi connectivity index (χ4n) is 2.51. The van der Waals surface area contributed by atoms with Crippen LogP contribution >= 0.6 is 23.2 Å². The first kappa shape index (κ1) is 17.5. The lowest BCUT2D eigenvalue weighted by Crippen LogP contribution is -2.47. The van der Waals surface area contributed by atoms with Crippen molar-refractivity contribution in [3.8, 4) is 0 Å². The molecule has 0 N–H and O–H groups in total. The number of nitrogens with zero attached hydrogens (tertiary/aromatic N) is 1. The number of alkyl halides is 2. The molecular weight excluding hydrogens is 325 g/mol. The minimum absolute atomic E-state index is 0.258. The van der Waals surface area contributed by atoms with Crippen molar-refractivity contribution in [1.29, 1.82) is 0 Å². The molecule has 2 unspecified atom stereocenters. The van der Waals surface area contributed by atoms with Crippen LogP contribution < -0.4 is 0 Å². The molecule has 6 heteroatoms. The SMILES string of the molecule is CCCN1C(COCc2ccccc2)C(=O)OC1C(C)(Cl)Cl. The van der Waals surface area contributed by atoms with Gasteiger partial charge in [0.2, 0.25) is 0 Å². The maximum atomic E-state index is 12.1. The van der Waals surface area contributed by atoms with Crippen molar-refractivity contribution in [2.45, 2.75) is 43.5 Å². The molecule has 22 heavy (non-hydrogen) atoms. The molecule has 122 valence electrons. The molecule has 4 nitrogen and oxygen atoms in total. The number of cyclic esters (lactones) is 1. The van der Waals surface area contributed by atoms with Crippen LogP contribution in [-0.2, 0) is 20.9 Å². The van der Waals surface area contributed by atoms with E-state index in [1.165, 1.54) is 0 Å². The number of carbonyl (C=O) groups is 1. The summed E-state index contributed by atoms with van der Waals surface area (Å²) in [4.78, 5) is 14.0. The first-order valence-corrected chi connectivity index (χ1v) is 8.14. The molecule has 1 saturated heterocycles. The fourth-order valence-corrected chi connectivity index (χ4v) is 2.85. The van der Waals surface area contributed by atoms with Crippen LogP contribution in [0.5, 0.6) is 0 Å². The Labute approximate surface area is 141 Å². The number of benzene rings is 1. The zero-order valence-corrected chi connectivity index (χ0v) is 14.3. The van der Waals surface area contributed by atoms with Crippen molar-refractivity contribution in [3.05, 3.63) is 35.9 Å². The molecule has 0 aliphatic carbocycles. The molecule has 0 radical (unpaired) electrons. The Hall–Kier alpha value is -0.810. The van der Waals surface area contributed by atoms with E-state index in [1.807, 2.05) is 42.2 Å². The lowest BCUT2D eigenvalue weighted by Gasteiger charge is -2.30. The maximum Gasteiger partial charge on any atom is 0.327 e. The van der Waals surface area contributed by atoms with Crippen molar-refractivity contribution < 1.29 is 14.3 Å². The molecule has 1 aromatic carbocycles. The van der Waals surface area contributed by atoms with Gasteiger partial charge in [-0.15, -0.1) is 0 Å². The first-order chi connectivity index (χ1) is 10.4. The molecule has 1 aromatic rings. The van der Waals surface area contributed by atoms with Gasteiger partial charge in [0.05, 0.1) is 13.2 Å². The Morgan fingerprint density at radius 2 is 2.00 bits per heavy atom. The van der Waals surface area contributed by atoms with Crippen molar-refractivity contribution in [2.75, 3.05) is 13.2 Å². The molecule has 0 bridgehead atoms. The number of hydrogen-bond acceptors (Lipinski definition) is 4. The van der Waals surface area contributed by atoms with Gasteiger partial charge in [-0.1, -0.05) is 60.5 Å². The lowest BCUT2D eigenvalue weighted by atomic mass is 10.2. The summed E-state index contributed by atoms with van der Waals surface area (Å²) in [6.07, 6.45) is 0.222. The number of rotatable bonds is 7. The maximum absolute atomic E-state index is 12.1. The van der Waals surface area contributed by atoms with Gasteiger partial charge in [-0.3, -0.25) is 9.69 Å². The average molecular weight is 346 g/mol. The van der Waals surface area contributed by atoms with E-state index in [9.17, 15) is 4.79 Å². The second-order valence-corrected chi connectivity index (χ2v) is 7.26. The summed E-state index contributed by atoms with van der Waals surface area (Å²) >= 11 is 12.3. The highest BCUT2D eigenvalue weighted by Crippen LogP contribution is 2.35. The van der Waals surface area contributed by atoms with Gasteiger partial charge in [-0.25, -0.2) is 0 Å². The summed E-state index contributed by atoms with van der Waals surface area (Å²) in [6.45, 7) is 5.04. The van der Waals surface area contributed by atoms with Crippen LogP contribution in [0, 0.1) is 0 Å². The van der Waals surface area contributed by atoms with Gasteiger partial charge >= 0.3 is 5.97 Å². The monoisotopic (exact) mass is 345 g/mol. The third-order valence-corrected chi connectivity index (χ3v) is 3.88. The summed E-state index contributed by atoms with van der Waals surface area (Å²) < 4.78 is 9.88. The Morgan fingerprint density at radius 3 is 2.59 bits per heavy atom. The molecule has 0 saturated carbocycles. The molecule has 0 spiro atoms. The first-order valence-electron chi connectivity index (χ1n) is 7.39. The van der Waals surface area contributed by atoms with E-state index in [2.05, 4.69) is 0 Å². The van der Waals surface area contributed by atoms with Gasteiger partial charge in [-0.05, 0) is 18.9 Å². The largest absolute Gasteiger partial charge is 0.442 e. The molecular formula is C16H21Cl2NO3. The van der Waals surface area contributed by atoms with E-state index in [0.717, 1.165) is 12.0 Å². The second kappa shape index (κ2) is 7.64. The summed E-state index contributed by atoms with van der Waals surface area (Å²) in [5.41, 5.74) is 1.06. The van der Waals surface area contributed by atoms with Gasteiger partial charge in [0.25, 0.3) is 0 Å². The average Bonchev–Trinajstić information content (AvgIpc) is 2.78. The van der Waals surface area contributed by atoms with Crippen LogP contribution in [0.4, 0.5) is 0 Å². The quantitative estimate of drug-likeness (QED) is 0.561. The van der Waals surface area contributed by atoms with Gasteiger partial charge in [0.15, 0.2) is 10.6 Å². The van der Waals surface area contributed by atoms with E-state index in [0.29, 0.717) is 13.2 Å². The smallest absolute Gasteiger partial charge is 0.327 e. The van der Waals surface area contributed by atoms with E-state index in [-0.39, 0.29) is 12.6 Å². The summed E-state index contributed by atoms with van der Waals surface area (Å²) in [6, 6.07) is 9.35. The molecule has 2 rings (SSSR count). The number of hydrogen-bond donors (Lipinski definition) is 0. The predicted molar refractivity (Wildman–Crippen MR) is 86.9 cm³/mol. The number of ether oxygens (including phenoxy) is 2. The molecule has 0 aromatic heterocycles. The predicted octanol–water partition coefficient (Wildman–Crippen LogP) is 3.36. The van der Waals surface area contributed by atoms with Gasteiger partial charge < -0.3 is 9.47 Å². The lowest BCUT2D eigenvalue weighted by molar-refractivity contribution is -0.143. The molecule has 1 aliphatic heterocycles. The van der Waals surface area contributed by atoms with Crippen molar-refractivity contribution >= 4 is 29.2 Å². The molecule has 1 heterocycles. The highest BCUT2D eigenvalue weighted by molar-refractivity contribution is 6.48. The summed E-state index contributed by atoms with van der Waals surface area (Å²) in [7, 11) is 0. The van der Waals surface area contributed by atoms with E-state index in [4.69, 9.17) is 32.7 Å². The van der Waals surface area contributed by atoms with Gasteiger partial charge in [0.1, 0.15) is 6.04 Å².